The first-order valence-corrected chi connectivity index (χ1v) is 7.42. The minimum atomic E-state index is -1.04. The normalized spacial score (nSPS) is 10.1. The number of hydrogen-bond acceptors (Lipinski definition) is 5. The minimum absolute atomic E-state index is 0.396. The number of carboxylic acids is 2. The molecule has 0 saturated heterocycles. The Balaban J connectivity index is 2.03. The van der Waals surface area contributed by atoms with Gasteiger partial charge in [0.1, 0.15) is 11.5 Å². The van der Waals surface area contributed by atoms with Gasteiger partial charge >= 0.3 is 11.9 Å². The van der Waals surface area contributed by atoms with Gasteiger partial charge in [-0.3, -0.25) is 0 Å². The number of carbonyl (C=O) groups is 2. The fourth-order valence-corrected chi connectivity index (χ4v) is 2.60. The van der Waals surface area contributed by atoms with Gasteiger partial charge in [0.05, 0.1) is 0 Å². The van der Waals surface area contributed by atoms with E-state index in [1.807, 2.05) is 12.1 Å². The summed E-state index contributed by atoms with van der Waals surface area (Å²) in [5.41, 5.74) is 0. The molecule has 0 unspecified atom stereocenters. The fourth-order valence-electron chi connectivity index (χ4n) is 1.68. The number of benzene rings is 2. The molecule has 0 heterocycles. The molecule has 6 nitrogen and oxygen atoms in total. The average Bonchev–Trinajstić information content (AvgIpc) is 2.52. The molecule has 0 aliphatic heterocycles. The lowest BCUT2D eigenvalue weighted by atomic mass is 10.3. The third-order valence-electron chi connectivity index (χ3n) is 2.57. The van der Waals surface area contributed by atoms with E-state index in [-0.39, 0.29) is 0 Å². The van der Waals surface area contributed by atoms with Crippen LogP contribution < -0.4 is 9.47 Å². The maximum absolute atomic E-state index is 10.5. The van der Waals surface area contributed by atoms with Crippen molar-refractivity contribution in [2.24, 2.45) is 0 Å². The topological polar surface area (TPSA) is 93.1 Å². The molecule has 0 bridgehead atoms. The van der Waals surface area contributed by atoms with Crippen LogP contribution in [0.1, 0.15) is 0 Å². The molecular formula is C16H14O6S. The van der Waals surface area contributed by atoms with Gasteiger partial charge in [-0.15, -0.1) is 0 Å². The number of carboxylic acid groups (broad SMARTS) is 2. The summed E-state index contributed by atoms with van der Waals surface area (Å²) in [7, 11) is 0. The van der Waals surface area contributed by atoms with Crippen LogP contribution >= 0.6 is 11.8 Å². The average molecular weight is 334 g/mol. The molecule has 0 aliphatic rings. The van der Waals surface area contributed by atoms with Crippen LogP contribution in [0.4, 0.5) is 0 Å². The maximum atomic E-state index is 10.5. The molecule has 0 atom stereocenters. The molecule has 23 heavy (non-hydrogen) atoms. The third-order valence-corrected chi connectivity index (χ3v) is 3.55. The Kier molecular flexibility index (Phi) is 5.87. The number of ether oxygens (including phenoxy) is 2. The first-order chi connectivity index (χ1) is 11.0. The highest BCUT2D eigenvalue weighted by molar-refractivity contribution is 7.99. The summed E-state index contributed by atoms with van der Waals surface area (Å²) in [5.74, 6) is -1.14. The van der Waals surface area contributed by atoms with Gasteiger partial charge in [0.2, 0.25) is 0 Å². The van der Waals surface area contributed by atoms with Crippen LogP contribution in [0.3, 0.4) is 0 Å². The number of rotatable bonds is 8. The SMILES string of the molecule is O=C(O)COc1cccc(Sc2cccc(OCC(=O)O)c2)c1. The van der Waals surface area contributed by atoms with Gasteiger partial charge in [0.15, 0.2) is 13.2 Å². The van der Waals surface area contributed by atoms with E-state index >= 15 is 0 Å². The molecule has 0 fully saturated rings. The summed E-state index contributed by atoms with van der Waals surface area (Å²) in [6, 6.07) is 14.1. The van der Waals surface area contributed by atoms with Crippen LogP contribution in [0.5, 0.6) is 11.5 Å². The lowest BCUT2D eigenvalue weighted by Crippen LogP contribution is -2.09. The van der Waals surface area contributed by atoms with Crippen molar-refractivity contribution in [1.82, 2.24) is 0 Å². The second-order valence-corrected chi connectivity index (χ2v) is 5.56. The van der Waals surface area contributed by atoms with Crippen LogP contribution in [0.25, 0.3) is 0 Å². The lowest BCUT2D eigenvalue weighted by Gasteiger charge is -2.08. The third kappa shape index (κ3) is 5.91. The van der Waals surface area contributed by atoms with E-state index in [9.17, 15) is 9.59 Å². The molecule has 0 aliphatic carbocycles. The quantitative estimate of drug-likeness (QED) is 0.766. The van der Waals surface area contributed by atoms with E-state index in [1.54, 1.807) is 36.4 Å². The lowest BCUT2D eigenvalue weighted by molar-refractivity contribution is -0.140. The Labute approximate surface area is 136 Å². The van der Waals surface area contributed by atoms with Gasteiger partial charge in [0, 0.05) is 9.79 Å². The summed E-state index contributed by atoms with van der Waals surface area (Å²) in [5, 5.41) is 17.2. The minimum Gasteiger partial charge on any atom is -0.482 e. The Bertz CT molecular complexity index is 641. The second kappa shape index (κ2) is 8.09. The molecule has 0 spiro atoms. The van der Waals surface area contributed by atoms with Crippen molar-refractivity contribution < 1.29 is 29.3 Å². The van der Waals surface area contributed by atoms with Crippen LogP contribution in [-0.4, -0.2) is 35.4 Å². The van der Waals surface area contributed by atoms with Crippen LogP contribution in [0, 0.1) is 0 Å². The van der Waals surface area contributed by atoms with E-state index in [1.165, 1.54) is 11.8 Å². The number of aliphatic carboxylic acids is 2. The zero-order chi connectivity index (χ0) is 16.7. The standard InChI is InChI=1S/C16H14O6S/c17-15(18)9-21-11-3-1-5-13(7-11)23-14-6-2-4-12(8-14)22-10-16(19)20/h1-8H,9-10H2,(H,17,18)(H,19,20). The smallest absolute Gasteiger partial charge is 0.341 e. The fraction of sp³-hybridized carbons (Fsp3) is 0.125. The molecule has 7 heteroatoms. The molecule has 2 rings (SSSR count). The molecule has 2 aromatic carbocycles. The monoisotopic (exact) mass is 334 g/mol. The predicted molar refractivity (Wildman–Crippen MR) is 83.3 cm³/mol. The highest BCUT2D eigenvalue weighted by Gasteiger charge is 2.04. The Morgan fingerprint density at radius 3 is 1.65 bits per heavy atom. The van der Waals surface area contributed by atoms with Gasteiger partial charge in [-0.25, -0.2) is 9.59 Å². The van der Waals surface area contributed by atoms with Crippen molar-refractivity contribution in [3.05, 3.63) is 48.5 Å². The molecule has 0 amide bonds. The van der Waals surface area contributed by atoms with E-state index in [2.05, 4.69) is 0 Å². The second-order valence-electron chi connectivity index (χ2n) is 4.42. The van der Waals surface area contributed by atoms with Gasteiger partial charge in [-0.1, -0.05) is 23.9 Å². The molecule has 120 valence electrons. The highest BCUT2D eigenvalue weighted by Crippen LogP contribution is 2.31. The van der Waals surface area contributed by atoms with Gasteiger partial charge in [-0.2, -0.15) is 0 Å². The zero-order valence-electron chi connectivity index (χ0n) is 12.0. The molecule has 0 saturated carbocycles. The predicted octanol–water partition coefficient (Wildman–Crippen LogP) is 2.76. The van der Waals surface area contributed by atoms with Crippen LogP contribution in [0.2, 0.25) is 0 Å². The van der Waals surface area contributed by atoms with Crippen LogP contribution in [-0.2, 0) is 9.59 Å². The number of hydrogen-bond donors (Lipinski definition) is 2. The summed E-state index contributed by atoms with van der Waals surface area (Å²) in [6.45, 7) is -0.792. The molecule has 0 aromatic heterocycles. The first kappa shape index (κ1) is 16.7. The van der Waals surface area contributed by atoms with E-state index in [4.69, 9.17) is 19.7 Å². The van der Waals surface area contributed by atoms with E-state index in [0.717, 1.165) is 9.79 Å². The summed E-state index contributed by atoms with van der Waals surface area (Å²) in [6.07, 6.45) is 0. The largest absolute Gasteiger partial charge is 0.482 e. The maximum Gasteiger partial charge on any atom is 0.341 e. The summed E-state index contributed by atoms with van der Waals surface area (Å²) < 4.78 is 10.3. The van der Waals surface area contributed by atoms with Gasteiger partial charge in [-0.05, 0) is 36.4 Å². The highest BCUT2D eigenvalue weighted by atomic mass is 32.2. The van der Waals surface area contributed by atoms with Crippen molar-refractivity contribution in [3.63, 3.8) is 0 Å². The van der Waals surface area contributed by atoms with Crippen molar-refractivity contribution in [2.75, 3.05) is 13.2 Å². The summed E-state index contributed by atoms with van der Waals surface area (Å²) in [4.78, 5) is 22.7. The van der Waals surface area contributed by atoms with Crippen molar-refractivity contribution >= 4 is 23.7 Å². The van der Waals surface area contributed by atoms with Crippen LogP contribution in [0.15, 0.2) is 58.3 Å². The van der Waals surface area contributed by atoms with Gasteiger partial charge < -0.3 is 19.7 Å². The van der Waals surface area contributed by atoms with E-state index in [0.29, 0.717) is 11.5 Å². The first-order valence-electron chi connectivity index (χ1n) is 6.60. The van der Waals surface area contributed by atoms with Crippen molar-refractivity contribution in [1.29, 1.82) is 0 Å². The van der Waals surface area contributed by atoms with Crippen molar-refractivity contribution in [3.8, 4) is 11.5 Å². The molecule has 2 aromatic rings. The molecule has 2 N–H and O–H groups in total. The van der Waals surface area contributed by atoms with Crippen molar-refractivity contribution in [2.45, 2.75) is 9.79 Å². The Hall–Kier alpha value is -2.67. The Morgan fingerprint density at radius 2 is 1.26 bits per heavy atom. The zero-order valence-corrected chi connectivity index (χ0v) is 12.8. The molecule has 0 radical (unpaired) electrons. The molecular weight excluding hydrogens is 320 g/mol. The van der Waals surface area contributed by atoms with E-state index < -0.39 is 25.2 Å². The summed E-state index contributed by atoms with van der Waals surface area (Å²) >= 11 is 1.43. The Morgan fingerprint density at radius 1 is 0.826 bits per heavy atom. The van der Waals surface area contributed by atoms with Gasteiger partial charge in [0.25, 0.3) is 0 Å².